The summed E-state index contributed by atoms with van der Waals surface area (Å²) in [5, 5.41) is 3.40. The zero-order valence-electron chi connectivity index (χ0n) is 23.3. The van der Waals surface area contributed by atoms with Crippen molar-refractivity contribution >= 4 is 55.1 Å². The minimum atomic E-state index is -4.14. The van der Waals surface area contributed by atoms with Gasteiger partial charge >= 0.3 is 0 Å². The molecule has 2 amide bonds. The van der Waals surface area contributed by atoms with Crippen molar-refractivity contribution in [3.8, 4) is 0 Å². The summed E-state index contributed by atoms with van der Waals surface area (Å²) in [6, 6.07) is 19.4. The van der Waals surface area contributed by atoms with E-state index in [9.17, 15) is 18.0 Å². The highest BCUT2D eigenvalue weighted by Crippen LogP contribution is 2.28. The summed E-state index contributed by atoms with van der Waals surface area (Å²) in [5.74, 6) is -0.864. The predicted molar refractivity (Wildman–Crippen MR) is 164 cm³/mol. The first-order valence-electron chi connectivity index (χ1n) is 12.9. The lowest BCUT2D eigenvalue weighted by Gasteiger charge is -2.35. The number of rotatable bonds is 10. The summed E-state index contributed by atoms with van der Waals surface area (Å²) in [6.45, 7) is 8.78. The van der Waals surface area contributed by atoms with E-state index in [1.54, 1.807) is 60.7 Å². The zero-order chi connectivity index (χ0) is 29.7. The second-order valence-electron chi connectivity index (χ2n) is 10.6. The number of halogens is 2. The van der Waals surface area contributed by atoms with Crippen molar-refractivity contribution in [3.05, 3.63) is 93.4 Å². The Labute approximate surface area is 250 Å². The van der Waals surface area contributed by atoms with Gasteiger partial charge in [0.1, 0.15) is 12.6 Å². The van der Waals surface area contributed by atoms with Crippen molar-refractivity contribution in [3.63, 3.8) is 0 Å². The lowest BCUT2D eigenvalue weighted by Crippen LogP contribution is -2.55. The fraction of sp³-hybridized carbons (Fsp3) is 0.333. The topological polar surface area (TPSA) is 86.8 Å². The predicted octanol–water partition coefficient (Wildman–Crippen LogP) is 6.33. The average Bonchev–Trinajstić information content (AvgIpc) is 2.87. The van der Waals surface area contributed by atoms with E-state index < -0.39 is 34.1 Å². The van der Waals surface area contributed by atoms with Crippen molar-refractivity contribution in [1.82, 2.24) is 10.2 Å². The van der Waals surface area contributed by atoms with Crippen LogP contribution in [0.5, 0.6) is 0 Å². The van der Waals surface area contributed by atoms with Gasteiger partial charge in [-0.05, 0) is 76.1 Å². The van der Waals surface area contributed by atoms with Gasteiger partial charge in [-0.15, -0.1) is 0 Å². The molecule has 1 atom stereocenters. The molecule has 1 unspecified atom stereocenters. The number of hydrogen-bond donors (Lipinski definition) is 1. The summed E-state index contributed by atoms with van der Waals surface area (Å²) >= 11 is 9.85. The zero-order valence-corrected chi connectivity index (χ0v) is 26.5. The Morgan fingerprint density at radius 2 is 1.65 bits per heavy atom. The van der Waals surface area contributed by atoms with E-state index >= 15 is 0 Å². The number of amides is 2. The number of nitrogens with zero attached hydrogens (tertiary/aromatic N) is 2. The van der Waals surface area contributed by atoms with Crippen molar-refractivity contribution < 1.29 is 18.0 Å². The van der Waals surface area contributed by atoms with Crippen LogP contribution in [0.1, 0.15) is 45.2 Å². The van der Waals surface area contributed by atoms with Gasteiger partial charge in [0.05, 0.1) is 10.6 Å². The van der Waals surface area contributed by atoms with E-state index in [4.69, 9.17) is 11.6 Å². The molecule has 0 bridgehead atoms. The fourth-order valence-electron chi connectivity index (χ4n) is 4.18. The molecule has 3 aromatic carbocycles. The van der Waals surface area contributed by atoms with Gasteiger partial charge in [-0.25, -0.2) is 8.42 Å². The van der Waals surface area contributed by atoms with Crippen LogP contribution in [0.4, 0.5) is 5.69 Å². The molecule has 0 spiro atoms. The molecule has 0 fully saturated rings. The third-order valence-electron chi connectivity index (χ3n) is 6.17. The highest BCUT2D eigenvalue weighted by molar-refractivity contribution is 9.10. The average molecular weight is 649 g/mol. The van der Waals surface area contributed by atoms with Crippen LogP contribution < -0.4 is 9.62 Å². The number of aryl methyl sites for hydroxylation is 1. The second kappa shape index (κ2) is 13.2. The molecule has 0 saturated carbocycles. The molecule has 40 heavy (non-hydrogen) atoms. The number of benzene rings is 3. The molecule has 0 aliphatic rings. The van der Waals surface area contributed by atoms with Crippen molar-refractivity contribution in [2.45, 2.75) is 64.1 Å². The van der Waals surface area contributed by atoms with Crippen LogP contribution in [0.3, 0.4) is 0 Å². The van der Waals surface area contributed by atoms with Crippen LogP contribution in [-0.2, 0) is 26.2 Å². The molecule has 3 aromatic rings. The summed E-state index contributed by atoms with van der Waals surface area (Å²) in [5.41, 5.74) is 1.34. The highest BCUT2D eigenvalue weighted by Gasteiger charge is 2.35. The minimum Gasteiger partial charge on any atom is -0.350 e. The maximum atomic E-state index is 14.1. The van der Waals surface area contributed by atoms with Crippen LogP contribution in [0, 0.1) is 6.92 Å². The molecule has 0 aliphatic heterocycles. The van der Waals surface area contributed by atoms with E-state index in [0.29, 0.717) is 27.2 Å². The normalized spacial score (nSPS) is 12.5. The largest absolute Gasteiger partial charge is 0.350 e. The number of nitrogens with one attached hydrogen (secondary N) is 1. The molecule has 7 nitrogen and oxygen atoms in total. The van der Waals surface area contributed by atoms with Gasteiger partial charge in [0.2, 0.25) is 11.8 Å². The summed E-state index contributed by atoms with van der Waals surface area (Å²) in [4.78, 5) is 29.0. The fourth-order valence-corrected chi connectivity index (χ4v) is 6.17. The molecular formula is C30H35BrClN3O4S. The molecule has 214 valence electrons. The second-order valence-corrected chi connectivity index (χ2v) is 13.8. The third kappa shape index (κ3) is 8.08. The Morgan fingerprint density at radius 1 is 1.00 bits per heavy atom. The first kappa shape index (κ1) is 31.6. The van der Waals surface area contributed by atoms with Crippen LogP contribution in [0.25, 0.3) is 0 Å². The van der Waals surface area contributed by atoms with Gasteiger partial charge in [-0.1, -0.05) is 76.4 Å². The molecule has 3 rings (SSSR count). The molecule has 1 N–H and O–H groups in total. The van der Waals surface area contributed by atoms with Gasteiger partial charge in [0, 0.05) is 21.6 Å². The molecule has 0 radical (unpaired) electrons. The number of sulfonamides is 1. The van der Waals surface area contributed by atoms with Crippen molar-refractivity contribution in [1.29, 1.82) is 0 Å². The van der Waals surface area contributed by atoms with Crippen LogP contribution in [0.15, 0.2) is 82.2 Å². The summed E-state index contributed by atoms with van der Waals surface area (Å²) in [6.07, 6.45) is 0.319. The first-order chi connectivity index (χ1) is 18.7. The van der Waals surface area contributed by atoms with E-state index in [1.165, 1.54) is 17.0 Å². The number of hydrogen-bond acceptors (Lipinski definition) is 4. The third-order valence-corrected chi connectivity index (χ3v) is 8.82. The van der Waals surface area contributed by atoms with Gasteiger partial charge in [-0.3, -0.25) is 13.9 Å². The summed E-state index contributed by atoms with van der Waals surface area (Å²) in [7, 11) is -4.14. The quantitative estimate of drug-likeness (QED) is 0.279. The smallest absolute Gasteiger partial charge is 0.264 e. The lowest BCUT2D eigenvalue weighted by molar-refractivity contribution is -0.141. The number of carbonyl (C=O) groups excluding carboxylic acids is 2. The lowest BCUT2D eigenvalue weighted by atomic mass is 10.1. The van der Waals surface area contributed by atoms with Crippen LogP contribution in [0.2, 0.25) is 5.02 Å². The first-order valence-corrected chi connectivity index (χ1v) is 15.5. The minimum absolute atomic E-state index is 0.0332. The standard InChI is InChI=1S/C30H35BrClN3O4S/c1-6-27(29(37)33-30(3,4)5)34(19-22-10-7-8-13-26(22)32)28(36)20-35(24-12-9-11-23(31)18-24)40(38,39)25-16-14-21(2)15-17-25/h7-18,27H,6,19-20H2,1-5H3,(H,33,37). The Morgan fingerprint density at radius 3 is 2.23 bits per heavy atom. The van der Waals surface area contributed by atoms with Gasteiger partial charge < -0.3 is 10.2 Å². The molecule has 0 saturated heterocycles. The van der Waals surface area contributed by atoms with E-state index in [2.05, 4.69) is 21.2 Å². The van der Waals surface area contributed by atoms with Crippen molar-refractivity contribution in [2.24, 2.45) is 0 Å². The van der Waals surface area contributed by atoms with E-state index in [-0.39, 0.29) is 17.3 Å². The molecule has 0 heterocycles. The number of anilines is 1. The van der Waals surface area contributed by atoms with E-state index in [0.717, 1.165) is 9.87 Å². The molecule has 0 aliphatic carbocycles. The number of carbonyl (C=O) groups is 2. The van der Waals surface area contributed by atoms with Gasteiger partial charge in [0.25, 0.3) is 10.0 Å². The molecule has 0 aromatic heterocycles. The Bertz CT molecular complexity index is 1460. The SMILES string of the molecule is CCC(C(=O)NC(C)(C)C)N(Cc1ccccc1Cl)C(=O)CN(c1cccc(Br)c1)S(=O)(=O)c1ccc(C)cc1. The Hall–Kier alpha value is -2.88. The van der Waals surface area contributed by atoms with Gasteiger partial charge in [-0.2, -0.15) is 0 Å². The van der Waals surface area contributed by atoms with Crippen LogP contribution >= 0.6 is 27.5 Å². The summed E-state index contributed by atoms with van der Waals surface area (Å²) < 4.78 is 29.6. The van der Waals surface area contributed by atoms with E-state index in [1.807, 2.05) is 34.6 Å². The van der Waals surface area contributed by atoms with Crippen LogP contribution in [-0.4, -0.2) is 43.3 Å². The molecule has 10 heteroatoms. The Kier molecular flexibility index (Phi) is 10.4. The maximum Gasteiger partial charge on any atom is 0.264 e. The molecular weight excluding hydrogens is 614 g/mol. The van der Waals surface area contributed by atoms with Crippen molar-refractivity contribution in [2.75, 3.05) is 10.8 Å². The highest BCUT2D eigenvalue weighted by atomic mass is 79.9. The Balaban J connectivity index is 2.09. The maximum absolute atomic E-state index is 14.1. The van der Waals surface area contributed by atoms with Gasteiger partial charge in [0.15, 0.2) is 0 Å². The monoisotopic (exact) mass is 647 g/mol.